The van der Waals surface area contributed by atoms with E-state index in [-0.39, 0.29) is 17.5 Å². The second kappa shape index (κ2) is 6.86. The Labute approximate surface area is 111 Å². The highest BCUT2D eigenvalue weighted by molar-refractivity contribution is 5.55. The van der Waals surface area contributed by atoms with Crippen molar-refractivity contribution in [3.63, 3.8) is 0 Å². The number of aromatic nitrogens is 1. The van der Waals surface area contributed by atoms with Gasteiger partial charge in [-0.3, -0.25) is 10.1 Å². The van der Waals surface area contributed by atoms with Gasteiger partial charge in [-0.2, -0.15) is 0 Å². The molecule has 8 heteroatoms. The summed E-state index contributed by atoms with van der Waals surface area (Å²) >= 11 is 0. The molecule has 0 spiro atoms. The molecule has 19 heavy (non-hydrogen) atoms. The fourth-order valence-electron chi connectivity index (χ4n) is 1.86. The van der Waals surface area contributed by atoms with E-state index < -0.39 is 4.92 Å². The normalized spacial score (nSPS) is 12.0. The standard InChI is InChI=1S/C11H19N5O3/c1-4-15(8(2)7-19-3)11-6-9(16(17)18)5-10(13-11)14-12/h5-6,8H,4,7,12H2,1-3H3,(H,13,14). The van der Waals surface area contributed by atoms with Crippen molar-refractivity contribution in [3.05, 3.63) is 22.2 Å². The van der Waals surface area contributed by atoms with Gasteiger partial charge in [0, 0.05) is 13.7 Å². The van der Waals surface area contributed by atoms with Crippen LogP contribution < -0.4 is 16.2 Å². The number of nitrogen functional groups attached to an aromatic ring is 1. The molecule has 0 aliphatic rings. The second-order valence-corrected chi connectivity index (χ2v) is 4.06. The number of nitrogens with one attached hydrogen (secondary N) is 1. The van der Waals surface area contributed by atoms with E-state index in [4.69, 9.17) is 10.6 Å². The molecule has 0 saturated heterocycles. The molecule has 0 amide bonds. The van der Waals surface area contributed by atoms with E-state index in [9.17, 15) is 10.1 Å². The molecular weight excluding hydrogens is 250 g/mol. The lowest BCUT2D eigenvalue weighted by molar-refractivity contribution is -0.384. The van der Waals surface area contributed by atoms with Gasteiger partial charge in [0.25, 0.3) is 5.69 Å². The molecule has 8 nitrogen and oxygen atoms in total. The van der Waals surface area contributed by atoms with Crippen LogP contribution in [0, 0.1) is 10.1 Å². The van der Waals surface area contributed by atoms with Crippen LogP contribution in [-0.2, 0) is 4.74 Å². The number of likely N-dealkylation sites (N-methyl/N-ethyl adjacent to an activating group) is 1. The quantitative estimate of drug-likeness (QED) is 0.434. The van der Waals surface area contributed by atoms with E-state index >= 15 is 0 Å². The van der Waals surface area contributed by atoms with Gasteiger partial charge in [0.2, 0.25) is 0 Å². The van der Waals surface area contributed by atoms with E-state index in [1.54, 1.807) is 7.11 Å². The van der Waals surface area contributed by atoms with Crippen LogP contribution >= 0.6 is 0 Å². The fraction of sp³-hybridized carbons (Fsp3) is 0.545. The molecule has 0 aliphatic heterocycles. The number of hydrogen-bond acceptors (Lipinski definition) is 7. The minimum absolute atomic E-state index is 0.0510. The van der Waals surface area contributed by atoms with Gasteiger partial charge in [-0.15, -0.1) is 0 Å². The number of hydrogen-bond donors (Lipinski definition) is 2. The first kappa shape index (κ1) is 15.1. The van der Waals surface area contributed by atoms with Crippen LogP contribution in [0.25, 0.3) is 0 Å². The fourth-order valence-corrected chi connectivity index (χ4v) is 1.86. The first-order chi connectivity index (χ1) is 9.03. The van der Waals surface area contributed by atoms with Crippen molar-refractivity contribution >= 4 is 17.3 Å². The van der Waals surface area contributed by atoms with Crippen molar-refractivity contribution in [1.29, 1.82) is 0 Å². The van der Waals surface area contributed by atoms with Crippen molar-refractivity contribution in [2.75, 3.05) is 30.6 Å². The SMILES string of the molecule is CCN(c1cc([N+](=O)[O-])cc(NN)n1)C(C)COC. The molecule has 0 aromatic carbocycles. The summed E-state index contributed by atoms with van der Waals surface area (Å²) in [5.41, 5.74) is 2.28. The molecule has 1 aromatic heterocycles. The number of rotatable bonds is 7. The molecule has 3 N–H and O–H groups in total. The molecule has 1 heterocycles. The first-order valence-electron chi connectivity index (χ1n) is 5.92. The van der Waals surface area contributed by atoms with Crippen LogP contribution in [0.2, 0.25) is 0 Å². The number of hydrazine groups is 1. The number of nitrogens with two attached hydrogens (primary N) is 1. The second-order valence-electron chi connectivity index (χ2n) is 4.06. The van der Waals surface area contributed by atoms with Gasteiger partial charge in [-0.25, -0.2) is 10.8 Å². The maximum absolute atomic E-state index is 10.9. The van der Waals surface area contributed by atoms with Gasteiger partial charge in [0.15, 0.2) is 0 Å². The zero-order valence-corrected chi connectivity index (χ0v) is 11.3. The zero-order chi connectivity index (χ0) is 14.4. The van der Waals surface area contributed by atoms with E-state index in [0.717, 1.165) is 0 Å². The lowest BCUT2D eigenvalue weighted by Gasteiger charge is -2.28. The Kier molecular flexibility index (Phi) is 5.46. The molecule has 106 valence electrons. The Hall–Kier alpha value is -1.93. The summed E-state index contributed by atoms with van der Waals surface area (Å²) in [4.78, 5) is 16.6. The summed E-state index contributed by atoms with van der Waals surface area (Å²) in [5.74, 6) is 6.04. The minimum atomic E-state index is -0.471. The average molecular weight is 269 g/mol. The number of pyridine rings is 1. The molecule has 1 unspecified atom stereocenters. The molecule has 1 rings (SSSR count). The van der Waals surface area contributed by atoms with Crippen LogP contribution in [0.5, 0.6) is 0 Å². The summed E-state index contributed by atoms with van der Waals surface area (Å²) in [6, 6.07) is 2.77. The Balaban J connectivity index is 3.15. The largest absolute Gasteiger partial charge is 0.383 e. The smallest absolute Gasteiger partial charge is 0.276 e. The van der Waals surface area contributed by atoms with E-state index in [0.29, 0.717) is 19.0 Å². The van der Waals surface area contributed by atoms with E-state index in [1.165, 1.54) is 12.1 Å². The Morgan fingerprint density at radius 2 is 2.32 bits per heavy atom. The highest BCUT2D eigenvalue weighted by atomic mass is 16.6. The Bertz CT molecular complexity index is 440. The number of anilines is 2. The van der Waals surface area contributed by atoms with Crippen molar-refractivity contribution in [2.45, 2.75) is 19.9 Å². The van der Waals surface area contributed by atoms with Crippen LogP contribution in [0.3, 0.4) is 0 Å². The third-order valence-corrected chi connectivity index (χ3v) is 2.73. The summed E-state index contributed by atoms with van der Waals surface area (Å²) in [6.07, 6.45) is 0. The van der Waals surface area contributed by atoms with Gasteiger partial charge in [0.05, 0.1) is 29.7 Å². The summed E-state index contributed by atoms with van der Waals surface area (Å²) in [7, 11) is 1.61. The van der Waals surface area contributed by atoms with E-state index in [1.807, 2.05) is 18.7 Å². The lowest BCUT2D eigenvalue weighted by atomic mass is 10.2. The molecule has 0 fully saturated rings. The highest BCUT2D eigenvalue weighted by Gasteiger charge is 2.18. The molecule has 0 aliphatic carbocycles. The van der Waals surface area contributed by atoms with E-state index in [2.05, 4.69) is 10.4 Å². The van der Waals surface area contributed by atoms with Gasteiger partial charge in [-0.1, -0.05) is 0 Å². The molecule has 0 saturated carbocycles. The number of nitro groups is 1. The Morgan fingerprint density at radius 1 is 1.63 bits per heavy atom. The van der Waals surface area contributed by atoms with Gasteiger partial charge >= 0.3 is 0 Å². The zero-order valence-electron chi connectivity index (χ0n) is 11.3. The monoisotopic (exact) mass is 269 g/mol. The molecular formula is C11H19N5O3. The highest BCUT2D eigenvalue weighted by Crippen LogP contribution is 2.24. The topological polar surface area (TPSA) is 107 Å². The molecule has 0 bridgehead atoms. The van der Waals surface area contributed by atoms with Crippen molar-refractivity contribution < 1.29 is 9.66 Å². The summed E-state index contributed by atoms with van der Waals surface area (Å²) in [6.45, 7) is 5.07. The number of nitrogens with zero attached hydrogens (tertiary/aromatic N) is 3. The van der Waals surface area contributed by atoms with Crippen LogP contribution in [0.15, 0.2) is 12.1 Å². The van der Waals surface area contributed by atoms with Crippen molar-refractivity contribution in [2.24, 2.45) is 5.84 Å². The van der Waals surface area contributed by atoms with Crippen LogP contribution in [-0.4, -0.2) is 36.2 Å². The van der Waals surface area contributed by atoms with Crippen molar-refractivity contribution in [3.8, 4) is 0 Å². The molecule has 1 atom stereocenters. The van der Waals surface area contributed by atoms with Crippen molar-refractivity contribution in [1.82, 2.24) is 4.98 Å². The molecule has 1 aromatic rings. The minimum Gasteiger partial charge on any atom is -0.383 e. The number of ether oxygens (including phenoxy) is 1. The third-order valence-electron chi connectivity index (χ3n) is 2.73. The van der Waals surface area contributed by atoms with Crippen LogP contribution in [0.1, 0.15) is 13.8 Å². The lowest BCUT2D eigenvalue weighted by Crippen LogP contribution is -2.36. The maximum Gasteiger partial charge on any atom is 0.276 e. The summed E-state index contributed by atoms with van der Waals surface area (Å²) < 4.78 is 5.10. The van der Waals surface area contributed by atoms with Crippen LogP contribution in [0.4, 0.5) is 17.3 Å². The first-order valence-corrected chi connectivity index (χ1v) is 5.92. The summed E-state index contributed by atoms with van der Waals surface area (Å²) in [5, 5.41) is 10.9. The van der Waals surface area contributed by atoms with Gasteiger partial charge in [0.1, 0.15) is 11.6 Å². The third kappa shape index (κ3) is 3.76. The maximum atomic E-state index is 10.9. The van der Waals surface area contributed by atoms with Gasteiger partial charge < -0.3 is 15.1 Å². The predicted molar refractivity (Wildman–Crippen MR) is 73.1 cm³/mol. The average Bonchev–Trinajstić information content (AvgIpc) is 2.39. The van der Waals surface area contributed by atoms with Gasteiger partial charge in [-0.05, 0) is 13.8 Å². The predicted octanol–water partition coefficient (Wildman–Crippen LogP) is 1.14. The Morgan fingerprint density at radius 3 is 2.79 bits per heavy atom. The molecule has 0 radical (unpaired) electrons. The number of methoxy groups -OCH3 is 1.